The van der Waals surface area contributed by atoms with Crippen molar-refractivity contribution in [2.24, 2.45) is 5.92 Å². The molecule has 0 N–H and O–H groups in total. The Morgan fingerprint density at radius 3 is 2.46 bits per heavy atom. The first-order chi connectivity index (χ1) is 16.6. The maximum Gasteiger partial charge on any atom is 0.303 e. The van der Waals surface area contributed by atoms with Gasteiger partial charge in [0.05, 0.1) is 12.2 Å². The van der Waals surface area contributed by atoms with Gasteiger partial charge in [-0.25, -0.2) is 17.9 Å². The number of aromatic nitrogens is 3. The van der Waals surface area contributed by atoms with Crippen LogP contribution in [0.2, 0.25) is 0 Å². The summed E-state index contributed by atoms with van der Waals surface area (Å²) in [4.78, 5) is 23.4. The van der Waals surface area contributed by atoms with E-state index in [0.29, 0.717) is 0 Å². The zero-order chi connectivity index (χ0) is 25.7. The Labute approximate surface area is 205 Å². The molecule has 0 saturated carbocycles. The number of hydrogen-bond donors (Lipinski definition) is 0. The normalized spacial score (nSPS) is 24.3. The van der Waals surface area contributed by atoms with E-state index in [1.54, 1.807) is 11.8 Å². The van der Waals surface area contributed by atoms with Crippen molar-refractivity contribution in [3.8, 4) is 11.3 Å². The number of ether oxygens (including phenoxy) is 3. The molecule has 8 nitrogen and oxygen atoms in total. The van der Waals surface area contributed by atoms with Crippen molar-refractivity contribution in [3.05, 3.63) is 35.8 Å². The van der Waals surface area contributed by atoms with Gasteiger partial charge in [0.25, 0.3) is 0 Å². The van der Waals surface area contributed by atoms with Crippen molar-refractivity contribution in [2.45, 2.75) is 64.2 Å². The average molecular weight is 516 g/mol. The van der Waals surface area contributed by atoms with Crippen molar-refractivity contribution in [3.63, 3.8) is 0 Å². The first-order valence-corrected chi connectivity index (χ1v) is 12.3. The predicted octanol–water partition coefficient (Wildman–Crippen LogP) is 4.29. The van der Waals surface area contributed by atoms with E-state index in [2.05, 4.69) is 17.2 Å². The molecule has 1 aromatic carbocycles. The Balaban J connectivity index is 1.98. The second-order valence-corrected chi connectivity index (χ2v) is 9.54. The van der Waals surface area contributed by atoms with Crippen LogP contribution in [-0.2, 0) is 23.8 Å². The first-order valence-electron chi connectivity index (χ1n) is 11.3. The lowest BCUT2D eigenvalue weighted by molar-refractivity contribution is -0.191. The van der Waals surface area contributed by atoms with Crippen LogP contribution in [0.25, 0.3) is 11.3 Å². The highest BCUT2D eigenvalue weighted by Crippen LogP contribution is 2.41. The molecule has 0 amide bonds. The molecule has 1 aliphatic heterocycles. The number of benzene rings is 1. The Morgan fingerprint density at radius 1 is 1.17 bits per heavy atom. The van der Waals surface area contributed by atoms with Crippen LogP contribution in [0.15, 0.2) is 18.3 Å². The molecule has 5 atom stereocenters. The third kappa shape index (κ3) is 6.54. The molecule has 0 radical (unpaired) electrons. The lowest BCUT2D eigenvalue weighted by atomic mass is 9.90. The van der Waals surface area contributed by atoms with E-state index in [9.17, 15) is 22.8 Å². The number of carbonyl (C=O) groups is 2. The summed E-state index contributed by atoms with van der Waals surface area (Å²) in [5, 5.41) is 8.14. The smallest absolute Gasteiger partial charge is 0.303 e. The number of rotatable bonds is 9. The maximum absolute atomic E-state index is 13.8. The van der Waals surface area contributed by atoms with Gasteiger partial charge in [-0.3, -0.25) is 9.59 Å². The molecule has 12 heteroatoms. The fourth-order valence-electron chi connectivity index (χ4n) is 3.91. The summed E-state index contributed by atoms with van der Waals surface area (Å²) < 4.78 is 59.3. The third-order valence-corrected chi connectivity index (χ3v) is 7.00. The molecule has 1 aromatic heterocycles. The van der Waals surface area contributed by atoms with Gasteiger partial charge < -0.3 is 14.2 Å². The van der Waals surface area contributed by atoms with Crippen LogP contribution in [0.4, 0.5) is 13.2 Å². The summed E-state index contributed by atoms with van der Waals surface area (Å²) in [5.41, 5.74) is -0.233. The van der Waals surface area contributed by atoms with E-state index in [4.69, 9.17) is 14.2 Å². The molecule has 1 fully saturated rings. The molecule has 192 valence electrons. The molecule has 1 saturated heterocycles. The largest absolute Gasteiger partial charge is 0.463 e. The van der Waals surface area contributed by atoms with Crippen LogP contribution < -0.4 is 0 Å². The Morgan fingerprint density at radius 2 is 1.86 bits per heavy atom. The van der Waals surface area contributed by atoms with E-state index < -0.39 is 47.6 Å². The van der Waals surface area contributed by atoms with Gasteiger partial charge in [0.1, 0.15) is 23.8 Å². The van der Waals surface area contributed by atoms with Crippen LogP contribution in [0.5, 0.6) is 0 Å². The summed E-state index contributed by atoms with van der Waals surface area (Å²) in [6, 6.07) is 1.07. The highest BCUT2D eigenvalue weighted by Gasteiger charge is 2.48. The monoisotopic (exact) mass is 515 g/mol. The van der Waals surface area contributed by atoms with Gasteiger partial charge in [0.2, 0.25) is 0 Å². The van der Waals surface area contributed by atoms with Gasteiger partial charge in [0, 0.05) is 25.3 Å². The van der Waals surface area contributed by atoms with Gasteiger partial charge in [-0.15, -0.1) is 16.9 Å². The molecule has 0 aliphatic carbocycles. The van der Waals surface area contributed by atoms with Gasteiger partial charge in [-0.2, -0.15) is 0 Å². The number of hydrogen-bond acceptors (Lipinski definition) is 8. The zero-order valence-corrected chi connectivity index (χ0v) is 20.7. The number of nitrogens with zero attached hydrogens (tertiary/aromatic N) is 3. The average Bonchev–Trinajstić information content (AvgIpc) is 3.27. The predicted molar refractivity (Wildman–Crippen MR) is 122 cm³/mol. The molecule has 2 aromatic rings. The second kappa shape index (κ2) is 11.9. The molecular weight excluding hydrogens is 487 g/mol. The minimum Gasteiger partial charge on any atom is -0.463 e. The van der Waals surface area contributed by atoms with Crippen LogP contribution >= 0.6 is 11.8 Å². The van der Waals surface area contributed by atoms with Crippen molar-refractivity contribution < 1.29 is 37.0 Å². The van der Waals surface area contributed by atoms with Gasteiger partial charge >= 0.3 is 11.9 Å². The summed E-state index contributed by atoms with van der Waals surface area (Å²) >= 11 is 1.59. The fraction of sp³-hybridized carbons (Fsp3) is 0.565. The zero-order valence-electron chi connectivity index (χ0n) is 19.9. The molecule has 2 heterocycles. The number of unbranched alkanes of at least 4 members (excludes halogenated alkanes) is 1. The van der Waals surface area contributed by atoms with E-state index in [-0.39, 0.29) is 29.2 Å². The molecule has 1 aliphatic rings. The summed E-state index contributed by atoms with van der Waals surface area (Å²) in [6.07, 6.45) is 1.75. The molecule has 35 heavy (non-hydrogen) atoms. The number of halogens is 3. The third-order valence-electron chi connectivity index (χ3n) is 5.61. The minimum atomic E-state index is -1.57. The Bertz CT molecular complexity index is 1030. The fourth-order valence-corrected chi connectivity index (χ4v) is 5.28. The van der Waals surface area contributed by atoms with Gasteiger partial charge in [-0.05, 0) is 24.3 Å². The van der Waals surface area contributed by atoms with Crippen LogP contribution in [0, 0.1) is 23.4 Å². The number of thioether (sulfide) groups is 1. The second-order valence-electron chi connectivity index (χ2n) is 8.33. The minimum absolute atomic E-state index is 0.00160. The highest BCUT2D eigenvalue weighted by atomic mass is 32.2. The number of esters is 2. The maximum atomic E-state index is 13.8. The lowest BCUT2D eigenvalue weighted by Crippen LogP contribution is -2.53. The summed E-state index contributed by atoms with van der Waals surface area (Å²) in [5.74, 6) is -4.76. The highest BCUT2D eigenvalue weighted by molar-refractivity contribution is 7.99. The Kier molecular flexibility index (Phi) is 9.17. The molecular formula is C23H28F3N3O5S. The van der Waals surface area contributed by atoms with Crippen molar-refractivity contribution >= 4 is 23.7 Å². The van der Waals surface area contributed by atoms with Crippen molar-refractivity contribution in [2.75, 3.05) is 12.4 Å². The SMILES string of the molecule is CCCCS[C@H]1OC(COC(C)=O)[C@H](OC(C)=O)[C@H](n2cc(-c3cc(F)c(F)c(F)c3)nn2)C1C. The van der Waals surface area contributed by atoms with E-state index in [1.807, 2.05) is 6.92 Å². The molecule has 0 spiro atoms. The topological polar surface area (TPSA) is 92.5 Å². The molecule has 3 rings (SSSR count). The standard InChI is InChI=1S/C23H28F3N3O5S/c1-5-6-7-35-23-12(2)21(22(33-14(4)31)19(34-23)11-32-13(3)30)29-10-18(27-28-29)15-8-16(24)20(26)17(25)9-15/h8-10,12,19,21-23H,5-7,11H2,1-4H3/t12?,19?,21-,22+,23-/m1/s1. The van der Waals surface area contributed by atoms with Crippen LogP contribution in [-0.4, -0.2) is 56.9 Å². The lowest BCUT2D eigenvalue weighted by Gasteiger charge is -2.44. The summed E-state index contributed by atoms with van der Waals surface area (Å²) in [7, 11) is 0. The van der Waals surface area contributed by atoms with Gasteiger partial charge in [-0.1, -0.05) is 25.5 Å². The van der Waals surface area contributed by atoms with E-state index >= 15 is 0 Å². The van der Waals surface area contributed by atoms with Crippen LogP contribution in [0.1, 0.15) is 46.6 Å². The number of carbonyl (C=O) groups excluding carboxylic acids is 2. The Hall–Kier alpha value is -2.60. The van der Waals surface area contributed by atoms with Crippen LogP contribution in [0.3, 0.4) is 0 Å². The van der Waals surface area contributed by atoms with E-state index in [1.165, 1.54) is 24.7 Å². The molecule has 0 bridgehead atoms. The molecule has 2 unspecified atom stereocenters. The summed E-state index contributed by atoms with van der Waals surface area (Å²) in [6.45, 7) is 6.36. The quantitative estimate of drug-likeness (QED) is 0.277. The van der Waals surface area contributed by atoms with Crippen molar-refractivity contribution in [1.82, 2.24) is 15.0 Å². The van der Waals surface area contributed by atoms with Crippen molar-refractivity contribution in [1.29, 1.82) is 0 Å². The first kappa shape index (κ1) is 27.0. The van der Waals surface area contributed by atoms with E-state index in [0.717, 1.165) is 30.7 Å². The van der Waals surface area contributed by atoms with Gasteiger partial charge in [0.15, 0.2) is 23.6 Å².